The van der Waals surface area contributed by atoms with Gasteiger partial charge < -0.3 is 10.2 Å². The number of sulfonamides is 1. The van der Waals surface area contributed by atoms with Gasteiger partial charge in [-0.15, -0.1) is 0 Å². The summed E-state index contributed by atoms with van der Waals surface area (Å²) in [7, 11) is -3.82. The molecule has 0 heterocycles. The highest BCUT2D eigenvalue weighted by molar-refractivity contribution is 7.92. The van der Waals surface area contributed by atoms with Crippen LogP contribution >= 0.6 is 0 Å². The topological polar surface area (TPSA) is 86.8 Å². The highest BCUT2D eigenvalue weighted by atomic mass is 32.2. The average Bonchev–Trinajstić information content (AvgIpc) is 2.93. The number of nitrogens with zero attached hydrogens (tertiary/aromatic N) is 2. The Morgan fingerprint density at radius 1 is 0.854 bits per heavy atom. The van der Waals surface area contributed by atoms with Crippen LogP contribution in [0.2, 0.25) is 0 Å². The van der Waals surface area contributed by atoms with Gasteiger partial charge in [0.2, 0.25) is 21.8 Å². The zero-order chi connectivity index (χ0) is 30.2. The normalized spacial score (nSPS) is 12.3. The van der Waals surface area contributed by atoms with Gasteiger partial charge in [0, 0.05) is 19.5 Å². The van der Waals surface area contributed by atoms with Crippen LogP contribution in [-0.4, -0.2) is 50.5 Å². The number of hydrogen-bond acceptors (Lipinski definition) is 4. The van der Waals surface area contributed by atoms with Crippen LogP contribution in [0.3, 0.4) is 0 Å². The second kappa shape index (κ2) is 14.3. The summed E-state index contributed by atoms with van der Waals surface area (Å²) in [5.74, 6) is -0.442. The molecule has 0 aliphatic rings. The van der Waals surface area contributed by atoms with Crippen LogP contribution in [0, 0.1) is 12.8 Å². The van der Waals surface area contributed by atoms with E-state index in [4.69, 9.17) is 0 Å². The van der Waals surface area contributed by atoms with Gasteiger partial charge in [0.1, 0.15) is 12.6 Å². The number of para-hydroxylation sites is 1. The number of nitrogens with one attached hydrogen (secondary N) is 1. The van der Waals surface area contributed by atoms with E-state index in [1.165, 1.54) is 4.31 Å². The summed E-state index contributed by atoms with van der Waals surface area (Å²) in [6.07, 6.45) is 1.41. The molecule has 0 radical (unpaired) electrons. The molecule has 3 aromatic carbocycles. The fraction of sp³-hybridized carbons (Fsp3) is 0.394. The van der Waals surface area contributed by atoms with Crippen LogP contribution in [-0.2, 0) is 32.6 Å². The Hall–Kier alpha value is -3.65. The third-order valence-corrected chi connectivity index (χ3v) is 8.19. The summed E-state index contributed by atoms with van der Waals surface area (Å²) in [6, 6.07) is 23.7. The van der Waals surface area contributed by atoms with E-state index in [1.807, 2.05) is 101 Å². The maximum Gasteiger partial charge on any atom is 0.244 e. The first-order valence-electron chi connectivity index (χ1n) is 14.1. The standard InChI is InChI=1S/C33H43N3O4S/c1-24(2)21-34-33(38)31(20-27-15-8-7-9-16-27)35(22-28-17-11-10-14-26(28)5)32(37)23-36(41(6,39)40)30-19-13-12-18-29(30)25(3)4/h7-19,24-25,31H,20-23H2,1-6H3,(H,34,38). The molecule has 0 aliphatic carbocycles. The minimum atomic E-state index is -3.82. The Balaban J connectivity index is 2.10. The zero-order valence-corrected chi connectivity index (χ0v) is 25.8. The third-order valence-electron chi connectivity index (χ3n) is 7.06. The predicted octanol–water partition coefficient (Wildman–Crippen LogP) is 5.30. The van der Waals surface area contributed by atoms with Crippen LogP contribution in [0.4, 0.5) is 5.69 Å². The number of benzene rings is 3. The fourth-order valence-electron chi connectivity index (χ4n) is 4.75. The first-order chi connectivity index (χ1) is 19.4. The molecule has 1 atom stereocenters. The van der Waals surface area contributed by atoms with Crippen LogP contribution in [0.1, 0.15) is 55.9 Å². The quantitative estimate of drug-likeness (QED) is 0.299. The van der Waals surface area contributed by atoms with Crippen molar-refractivity contribution in [2.75, 3.05) is 23.7 Å². The smallest absolute Gasteiger partial charge is 0.244 e. The lowest BCUT2D eigenvalue weighted by molar-refractivity contribution is -0.140. The zero-order valence-electron chi connectivity index (χ0n) is 25.0. The Kier molecular flexibility index (Phi) is 11.1. The number of carbonyl (C=O) groups excluding carboxylic acids is 2. The lowest BCUT2D eigenvalue weighted by atomic mass is 10.0. The van der Waals surface area contributed by atoms with Crippen molar-refractivity contribution in [2.24, 2.45) is 5.92 Å². The highest BCUT2D eigenvalue weighted by Gasteiger charge is 2.33. The maximum atomic E-state index is 14.3. The summed E-state index contributed by atoms with van der Waals surface area (Å²) in [4.78, 5) is 29.6. The Labute approximate surface area is 245 Å². The second-order valence-electron chi connectivity index (χ2n) is 11.3. The van der Waals surface area contributed by atoms with Crippen molar-refractivity contribution >= 4 is 27.5 Å². The van der Waals surface area contributed by atoms with Crippen molar-refractivity contribution in [3.8, 4) is 0 Å². The van der Waals surface area contributed by atoms with Gasteiger partial charge in [0.05, 0.1) is 11.9 Å². The number of amides is 2. The van der Waals surface area contributed by atoms with E-state index in [1.54, 1.807) is 17.0 Å². The van der Waals surface area contributed by atoms with Gasteiger partial charge in [-0.2, -0.15) is 0 Å². The molecule has 2 amide bonds. The van der Waals surface area contributed by atoms with Crippen molar-refractivity contribution in [2.45, 2.75) is 59.5 Å². The molecular weight excluding hydrogens is 534 g/mol. The SMILES string of the molecule is Cc1ccccc1CN(C(=O)CN(c1ccccc1C(C)C)S(C)(=O)=O)C(Cc1ccccc1)C(=O)NCC(C)C. The third kappa shape index (κ3) is 8.92. The number of aryl methyl sites for hydroxylation is 1. The predicted molar refractivity (Wildman–Crippen MR) is 166 cm³/mol. The number of rotatable bonds is 13. The molecule has 0 spiro atoms. The fourth-order valence-corrected chi connectivity index (χ4v) is 5.61. The molecule has 3 aromatic rings. The summed E-state index contributed by atoms with van der Waals surface area (Å²) < 4.78 is 27.4. The Bertz CT molecular complexity index is 1420. The van der Waals surface area contributed by atoms with E-state index in [-0.39, 0.29) is 24.3 Å². The van der Waals surface area contributed by atoms with E-state index >= 15 is 0 Å². The van der Waals surface area contributed by atoms with E-state index in [0.717, 1.165) is 28.5 Å². The van der Waals surface area contributed by atoms with Crippen molar-refractivity contribution in [3.05, 3.63) is 101 Å². The van der Waals surface area contributed by atoms with Crippen molar-refractivity contribution in [3.63, 3.8) is 0 Å². The first-order valence-corrected chi connectivity index (χ1v) is 16.0. The number of carbonyl (C=O) groups is 2. The largest absolute Gasteiger partial charge is 0.354 e. The molecule has 220 valence electrons. The van der Waals surface area contributed by atoms with E-state index < -0.39 is 28.5 Å². The van der Waals surface area contributed by atoms with E-state index in [9.17, 15) is 18.0 Å². The van der Waals surface area contributed by atoms with Crippen molar-refractivity contribution in [1.82, 2.24) is 10.2 Å². The van der Waals surface area contributed by atoms with Gasteiger partial charge in [-0.25, -0.2) is 8.42 Å². The lowest BCUT2D eigenvalue weighted by Gasteiger charge is -2.34. The Morgan fingerprint density at radius 3 is 2.07 bits per heavy atom. The summed E-state index contributed by atoms with van der Waals surface area (Å²) in [6.45, 7) is 10.2. The molecule has 0 aliphatic heterocycles. The average molecular weight is 578 g/mol. The van der Waals surface area contributed by atoms with Gasteiger partial charge in [-0.3, -0.25) is 13.9 Å². The molecule has 0 bridgehead atoms. The summed E-state index contributed by atoms with van der Waals surface area (Å²) >= 11 is 0. The van der Waals surface area contributed by atoms with E-state index in [2.05, 4.69) is 5.32 Å². The molecule has 3 rings (SSSR count). The molecule has 0 saturated heterocycles. The monoisotopic (exact) mass is 577 g/mol. The van der Waals surface area contributed by atoms with Gasteiger partial charge in [0.25, 0.3) is 0 Å². The van der Waals surface area contributed by atoms with Crippen molar-refractivity contribution in [1.29, 1.82) is 0 Å². The van der Waals surface area contributed by atoms with Crippen LogP contribution in [0.15, 0.2) is 78.9 Å². The van der Waals surface area contributed by atoms with Gasteiger partial charge in [0.15, 0.2) is 0 Å². The molecular formula is C33H43N3O4S. The van der Waals surface area contributed by atoms with Gasteiger partial charge in [-0.05, 0) is 47.1 Å². The molecule has 7 nitrogen and oxygen atoms in total. The van der Waals surface area contributed by atoms with Gasteiger partial charge in [-0.1, -0.05) is 100 Å². The van der Waals surface area contributed by atoms with Crippen molar-refractivity contribution < 1.29 is 18.0 Å². The maximum absolute atomic E-state index is 14.3. The minimum absolute atomic E-state index is 0.0428. The van der Waals surface area contributed by atoms with Gasteiger partial charge >= 0.3 is 0 Å². The minimum Gasteiger partial charge on any atom is -0.354 e. The molecule has 0 aromatic heterocycles. The molecule has 8 heteroatoms. The van der Waals surface area contributed by atoms with Crippen LogP contribution < -0.4 is 9.62 Å². The molecule has 1 N–H and O–H groups in total. The van der Waals surface area contributed by atoms with Crippen LogP contribution in [0.25, 0.3) is 0 Å². The highest BCUT2D eigenvalue weighted by Crippen LogP contribution is 2.29. The summed E-state index contributed by atoms with van der Waals surface area (Å²) in [5.41, 5.74) is 4.08. The Morgan fingerprint density at radius 2 is 1.46 bits per heavy atom. The van der Waals surface area contributed by atoms with E-state index in [0.29, 0.717) is 18.7 Å². The molecule has 41 heavy (non-hydrogen) atoms. The number of hydrogen-bond donors (Lipinski definition) is 1. The molecule has 0 fully saturated rings. The van der Waals surface area contributed by atoms with Crippen LogP contribution in [0.5, 0.6) is 0 Å². The summed E-state index contributed by atoms with van der Waals surface area (Å²) in [5, 5.41) is 3.01. The molecule has 0 saturated carbocycles. The second-order valence-corrected chi connectivity index (χ2v) is 13.2. The first kappa shape index (κ1) is 31.9. The number of anilines is 1. The molecule has 1 unspecified atom stereocenters. The lowest BCUT2D eigenvalue weighted by Crippen LogP contribution is -2.53.